The minimum atomic E-state index is 0. The van der Waals surface area contributed by atoms with E-state index in [4.69, 9.17) is 0 Å². The van der Waals surface area contributed by atoms with Gasteiger partial charge in [0.1, 0.15) is 0 Å². The molecule has 5 heteroatoms. The zero-order valence-electron chi connectivity index (χ0n) is 2.69. The quantitative estimate of drug-likeness (QED) is 0.315. The van der Waals surface area contributed by atoms with Crippen LogP contribution >= 0.6 is 38.3 Å². The van der Waals surface area contributed by atoms with E-state index in [1.165, 1.54) is 0 Å². The predicted octanol–water partition coefficient (Wildman–Crippen LogP) is -5.04. The second-order valence-corrected chi connectivity index (χ2v) is 0. The van der Waals surface area contributed by atoms with Crippen LogP contribution in [0.4, 0.5) is 0 Å². The normalized spacial score (nSPS) is 0. The number of hydrogen-bond donors (Lipinski definition) is 0. The van der Waals surface area contributed by atoms with Crippen LogP contribution in [0.1, 0.15) is 0 Å². The van der Waals surface area contributed by atoms with Gasteiger partial charge in [-0.05, 0) is 0 Å². The van der Waals surface area contributed by atoms with E-state index in [-0.39, 0.29) is 80.3 Å². The van der Waals surface area contributed by atoms with Gasteiger partial charge in [-0.15, -0.1) is 24.8 Å². The number of rotatable bonds is 0. The van der Waals surface area contributed by atoms with E-state index in [9.17, 15) is 0 Å². The van der Waals surface area contributed by atoms with Gasteiger partial charge in [-0.2, -0.15) is 13.5 Å². The van der Waals surface area contributed by atoms with Crippen molar-refractivity contribution in [2.24, 2.45) is 0 Å². The molecule has 0 N–H and O–H groups in total. The Morgan fingerprint density at radius 1 is 0.800 bits per heavy atom. The zero-order valence-corrected chi connectivity index (χ0v) is 8.08. The molecule has 0 heterocycles. The molecule has 0 aliphatic rings. The van der Waals surface area contributed by atoms with E-state index in [1.54, 1.807) is 0 Å². The third-order valence-electron chi connectivity index (χ3n) is 0. The molecule has 32 valence electrons. The van der Waals surface area contributed by atoms with Crippen molar-refractivity contribution in [2.45, 2.75) is 0 Å². The van der Waals surface area contributed by atoms with E-state index in [0.717, 1.165) is 0 Å². The molecule has 0 saturated carbocycles. The molecule has 0 aromatic rings. The molecule has 0 radical (unpaired) electrons. The maximum atomic E-state index is 0. The fourth-order valence-electron chi connectivity index (χ4n) is 0. The van der Waals surface area contributed by atoms with Gasteiger partial charge in [-0.3, -0.25) is 0 Å². The van der Waals surface area contributed by atoms with Gasteiger partial charge in [0.25, 0.3) is 0 Å². The van der Waals surface area contributed by atoms with Crippen LogP contribution in [0.2, 0.25) is 0 Å². The molecule has 0 saturated heterocycles. The Morgan fingerprint density at radius 2 is 0.800 bits per heavy atom. The summed E-state index contributed by atoms with van der Waals surface area (Å²) in [5.41, 5.74) is 0. The first-order valence-electron chi connectivity index (χ1n) is 0. The molecule has 5 heavy (non-hydrogen) atoms. The first-order chi connectivity index (χ1) is 0. The van der Waals surface area contributed by atoms with Gasteiger partial charge < -0.3 is 12.4 Å². The number of halogens is 3. The van der Waals surface area contributed by atoms with Crippen molar-refractivity contribution in [3.05, 3.63) is 0 Å². The zero-order chi connectivity index (χ0) is 0. The fraction of sp³-hybridized carbons (Fsp3) is 0. The first kappa shape index (κ1) is 56.7. The van der Waals surface area contributed by atoms with Gasteiger partial charge in [0.05, 0.1) is 0 Å². The van der Waals surface area contributed by atoms with Crippen LogP contribution < -0.4 is 42.0 Å². The minimum absolute atomic E-state index is 0. The summed E-state index contributed by atoms with van der Waals surface area (Å²) in [7, 11) is 0. The average Bonchev–Trinajstić information content (AvgIpc) is 0. The maximum Gasteiger partial charge on any atom is 1.00 e. The topological polar surface area (TPSA) is 0 Å². The maximum absolute atomic E-state index is 0. The van der Waals surface area contributed by atoms with Gasteiger partial charge in [0.2, 0.25) is 0 Å². The Labute approximate surface area is 79.4 Å². The molecule has 0 aliphatic carbocycles. The Kier molecular flexibility index (Phi) is 390. The van der Waals surface area contributed by atoms with Crippen LogP contribution in [0.3, 0.4) is 0 Å². The van der Waals surface area contributed by atoms with Crippen LogP contribution in [-0.4, -0.2) is 0 Å². The van der Waals surface area contributed by atoms with Crippen LogP contribution in [0, 0.1) is 0 Å². The molecule has 0 bridgehead atoms. The minimum Gasteiger partial charge on any atom is -1.00 e. The van der Waals surface area contributed by atoms with Crippen molar-refractivity contribution in [2.75, 3.05) is 0 Å². The second kappa shape index (κ2) is 34.4. The van der Waals surface area contributed by atoms with Gasteiger partial charge >= 0.3 is 29.6 Å². The largest absolute Gasteiger partial charge is 1.00 e. The van der Waals surface area contributed by atoms with E-state index in [1.807, 2.05) is 0 Å². The number of hydrogen-bond acceptors (Lipinski definition) is 0. The summed E-state index contributed by atoms with van der Waals surface area (Å²) in [6.45, 7) is 0. The smallest absolute Gasteiger partial charge is 1.00 e. The third-order valence-corrected chi connectivity index (χ3v) is 0. The Hall–Kier alpha value is 2.22. The molecule has 0 aliphatic heterocycles. The van der Waals surface area contributed by atoms with E-state index >= 15 is 0 Å². The molecule has 0 nitrogen and oxygen atoms in total. The van der Waals surface area contributed by atoms with Crippen LogP contribution in [0.5, 0.6) is 0 Å². The molecule has 0 atom stereocenters. The summed E-state index contributed by atoms with van der Waals surface area (Å²) >= 11 is 0. The van der Waals surface area contributed by atoms with E-state index in [0.29, 0.717) is 0 Å². The Bertz CT molecular complexity index is 6.85. The SMILES string of the molecule is Cl.Cl.S.[Cl-].[Na+]. The molecule has 0 rings (SSSR count). The molecule has 0 amide bonds. The molecule has 0 aromatic carbocycles. The summed E-state index contributed by atoms with van der Waals surface area (Å²) in [5.74, 6) is 0. The van der Waals surface area contributed by atoms with Crippen molar-refractivity contribution in [1.82, 2.24) is 0 Å². The Morgan fingerprint density at radius 3 is 0.800 bits per heavy atom. The summed E-state index contributed by atoms with van der Waals surface area (Å²) in [5, 5.41) is 0. The van der Waals surface area contributed by atoms with Crippen molar-refractivity contribution < 1.29 is 42.0 Å². The van der Waals surface area contributed by atoms with Gasteiger partial charge in [-0.1, -0.05) is 0 Å². The Balaban J connectivity index is 0. The first-order valence-corrected chi connectivity index (χ1v) is 0. The van der Waals surface area contributed by atoms with Crippen LogP contribution in [-0.2, 0) is 0 Å². The molecule has 0 unspecified atom stereocenters. The molecule has 0 spiro atoms. The standard InChI is InChI=1S/3ClH.Na.H2S/h3*1H;;1H2/q;;;+1;/p-1. The van der Waals surface area contributed by atoms with Gasteiger partial charge in [0.15, 0.2) is 0 Å². The molecular weight excluding hydrogens is 161 g/mol. The van der Waals surface area contributed by atoms with E-state index < -0.39 is 0 Å². The van der Waals surface area contributed by atoms with Crippen molar-refractivity contribution >= 4 is 38.3 Å². The van der Waals surface area contributed by atoms with Crippen LogP contribution in [0.25, 0.3) is 0 Å². The van der Waals surface area contributed by atoms with Crippen molar-refractivity contribution in [3.8, 4) is 0 Å². The van der Waals surface area contributed by atoms with Crippen LogP contribution in [0.15, 0.2) is 0 Å². The summed E-state index contributed by atoms with van der Waals surface area (Å²) in [6, 6.07) is 0. The summed E-state index contributed by atoms with van der Waals surface area (Å²) in [6.07, 6.45) is 0. The molecule has 0 aromatic heterocycles. The summed E-state index contributed by atoms with van der Waals surface area (Å²) < 4.78 is 0. The molecule has 0 fully saturated rings. The average molecular weight is 165 g/mol. The van der Waals surface area contributed by atoms with Gasteiger partial charge in [-0.25, -0.2) is 0 Å². The molecular formula is H4Cl3NaS. The van der Waals surface area contributed by atoms with Gasteiger partial charge in [0, 0.05) is 0 Å². The van der Waals surface area contributed by atoms with Crippen molar-refractivity contribution in [3.63, 3.8) is 0 Å². The second-order valence-electron chi connectivity index (χ2n) is 0. The fourth-order valence-corrected chi connectivity index (χ4v) is 0. The monoisotopic (exact) mass is 164 g/mol. The van der Waals surface area contributed by atoms with Crippen molar-refractivity contribution in [1.29, 1.82) is 0 Å². The third kappa shape index (κ3) is 22.5. The summed E-state index contributed by atoms with van der Waals surface area (Å²) in [4.78, 5) is 0. The predicted molar refractivity (Wildman–Crippen MR) is 24.9 cm³/mol. The van der Waals surface area contributed by atoms with E-state index in [2.05, 4.69) is 0 Å².